The maximum Gasteiger partial charge on any atom is 0.246 e. The van der Waals surface area contributed by atoms with Gasteiger partial charge in [0, 0.05) is 13.6 Å². The van der Waals surface area contributed by atoms with E-state index in [1.165, 1.54) is 11.0 Å². The van der Waals surface area contributed by atoms with Crippen LogP contribution in [0.15, 0.2) is 12.7 Å². The summed E-state index contributed by atoms with van der Waals surface area (Å²) in [7, 11) is 1.58. The number of aliphatic hydroxyl groups is 1. The van der Waals surface area contributed by atoms with Crippen LogP contribution >= 0.6 is 0 Å². The lowest BCUT2D eigenvalue weighted by molar-refractivity contribution is -0.142. The van der Waals surface area contributed by atoms with Gasteiger partial charge in [-0.25, -0.2) is 0 Å². The second-order valence-corrected chi connectivity index (χ2v) is 6.03. The van der Waals surface area contributed by atoms with Crippen molar-refractivity contribution >= 4 is 11.8 Å². The Morgan fingerprint density at radius 1 is 1.50 bits per heavy atom. The minimum Gasteiger partial charge on any atom is -0.394 e. The van der Waals surface area contributed by atoms with Gasteiger partial charge in [0.15, 0.2) is 0 Å². The number of likely N-dealkylation sites (tertiary alicyclic amines) is 1. The number of rotatable bonds is 6. The summed E-state index contributed by atoms with van der Waals surface area (Å²) < 4.78 is 0. The van der Waals surface area contributed by atoms with Gasteiger partial charge < -0.3 is 14.9 Å². The standard InChI is InChI=1S/C15H26N2O3/c1-5-13(19)16(4)10-14(20)17-8-6-7-15(17,11-18)9-12(2)3/h5,12,18H,1,6-11H2,2-4H3. The van der Waals surface area contributed by atoms with Gasteiger partial charge in [-0.05, 0) is 31.3 Å². The molecule has 0 radical (unpaired) electrons. The smallest absolute Gasteiger partial charge is 0.246 e. The van der Waals surface area contributed by atoms with E-state index in [1.807, 2.05) is 0 Å². The first kappa shape index (κ1) is 16.7. The molecule has 114 valence electrons. The molecule has 1 heterocycles. The summed E-state index contributed by atoms with van der Waals surface area (Å²) in [5, 5.41) is 9.78. The normalized spacial score (nSPS) is 22.1. The monoisotopic (exact) mass is 282 g/mol. The SMILES string of the molecule is C=CC(=O)N(C)CC(=O)N1CCCC1(CO)CC(C)C. The molecular formula is C15H26N2O3. The van der Waals surface area contributed by atoms with Crippen LogP contribution in [-0.2, 0) is 9.59 Å². The lowest BCUT2D eigenvalue weighted by atomic mass is 9.87. The quantitative estimate of drug-likeness (QED) is 0.740. The minimum absolute atomic E-state index is 0.0178. The fourth-order valence-electron chi connectivity index (χ4n) is 3.05. The summed E-state index contributed by atoms with van der Waals surface area (Å²) in [6.07, 6.45) is 3.71. The Balaban J connectivity index is 2.79. The number of hydrogen-bond donors (Lipinski definition) is 1. The van der Waals surface area contributed by atoms with Crippen LogP contribution in [0, 0.1) is 5.92 Å². The zero-order valence-electron chi connectivity index (χ0n) is 12.8. The molecule has 20 heavy (non-hydrogen) atoms. The fraction of sp³-hybridized carbons (Fsp3) is 0.733. The largest absolute Gasteiger partial charge is 0.394 e. The highest BCUT2D eigenvalue weighted by atomic mass is 16.3. The van der Waals surface area contributed by atoms with E-state index < -0.39 is 5.54 Å². The van der Waals surface area contributed by atoms with Crippen molar-refractivity contribution in [3.05, 3.63) is 12.7 Å². The molecular weight excluding hydrogens is 256 g/mol. The minimum atomic E-state index is -0.455. The van der Waals surface area contributed by atoms with E-state index in [9.17, 15) is 14.7 Å². The lowest BCUT2D eigenvalue weighted by Gasteiger charge is -2.39. The number of hydrogen-bond acceptors (Lipinski definition) is 3. The number of carbonyl (C=O) groups is 2. The van der Waals surface area contributed by atoms with Gasteiger partial charge in [0.05, 0.1) is 18.7 Å². The van der Waals surface area contributed by atoms with E-state index in [1.54, 1.807) is 11.9 Å². The van der Waals surface area contributed by atoms with Crippen LogP contribution in [0.1, 0.15) is 33.1 Å². The predicted octanol–water partition coefficient (Wildman–Crippen LogP) is 1.03. The molecule has 0 saturated carbocycles. The van der Waals surface area contributed by atoms with Gasteiger partial charge in [-0.15, -0.1) is 0 Å². The highest BCUT2D eigenvalue weighted by Gasteiger charge is 2.43. The van der Waals surface area contributed by atoms with Crippen LogP contribution in [0.3, 0.4) is 0 Å². The Hall–Kier alpha value is -1.36. The highest BCUT2D eigenvalue weighted by molar-refractivity contribution is 5.90. The molecule has 1 rings (SSSR count). The summed E-state index contributed by atoms with van der Waals surface area (Å²) in [5.41, 5.74) is -0.455. The molecule has 0 spiro atoms. The average Bonchev–Trinajstić information content (AvgIpc) is 2.80. The van der Waals surface area contributed by atoms with Crippen molar-refractivity contribution in [2.45, 2.75) is 38.6 Å². The molecule has 2 amide bonds. The number of aliphatic hydroxyl groups excluding tert-OH is 1. The van der Waals surface area contributed by atoms with Gasteiger partial charge in [0.25, 0.3) is 0 Å². The van der Waals surface area contributed by atoms with Crippen molar-refractivity contribution < 1.29 is 14.7 Å². The van der Waals surface area contributed by atoms with Gasteiger partial charge in [-0.1, -0.05) is 20.4 Å². The van der Waals surface area contributed by atoms with Crippen LogP contribution in [0.25, 0.3) is 0 Å². The first-order chi connectivity index (χ1) is 9.36. The first-order valence-electron chi connectivity index (χ1n) is 7.15. The zero-order valence-corrected chi connectivity index (χ0v) is 12.8. The molecule has 0 aromatic rings. The van der Waals surface area contributed by atoms with Crippen molar-refractivity contribution in [2.75, 3.05) is 26.7 Å². The van der Waals surface area contributed by atoms with E-state index in [4.69, 9.17) is 0 Å². The van der Waals surface area contributed by atoms with E-state index in [0.717, 1.165) is 19.3 Å². The van der Waals surface area contributed by atoms with E-state index >= 15 is 0 Å². The van der Waals surface area contributed by atoms with Crippen LogP contribution in [-0.4, -0.2) is 59.0 Å². The number of likely N-dealkylation sites (N-methyl/N-ethyl adjacent to an activating group) is 1. The predicted molar refractivity (Wildman–Crippen MR) is 78.1 cm³/mol. The molecule has 0 bridgehead atoms. The topological polar surface area (TPSA) is 60.9 Å². The third-order valence-electron chi connectivity index (χ3n) is 3.90. The zero-order chi connectivity index (χ0) is 15.3. The highest BCUT2D eigenvalue weighted by Crippen LogP contribution is 2.34. The summed E-state index contributed by atoms with van der Waals surface area (Å²) >= 11 is 0. The molecule has 1 fully saturated rings. The Morgan fingerprint density at radius 3 is 2.65 bits per heavy atom. The van der Waals surface area contributed by atoms with Crippen LogP contribution < -0.4 is 0 Å². The van der Waals surface area contributed by atoms with Gasteiger partial charge in [0.1, 0.15) is 0 Å². The molecule has 1 atom stereocenters. The molecule has 1 aliphatic rings. The summed E-state index contributed by atoms with van der Waals surface area (Å²) in [6.45, 7) is 8.26. The molecule has 1 N–H and O–H groups in total. The molecule has 1 saturated heterocycles. The van der Waals surface area contributed by atoms with Crippen molar-refractivity contribution in [1.29, 1.82) is 0 Å². The molecule has 0 aliphatic carbocycles. The molecule has 0 aromatic heterocycles. The maximum absolute atomic E-state index is 12.4. The third-order valence-corrected chi connectivity index (χ3v) is 3.90. The lowest BCUT2D eigenvalue weighted by Crippen LogP contribution is -2.53. The Labute approximate surface area is 121 Å². The van der Waals surface area contributed by atoms with Gasteiger partial charge in [0.2, 0.25) is 11.8 Å². The number of carbonyl (C=O) groups excluding carboxylic acids is 2. The van der Waals surface area contributed by atoms with Gasteiger partial charge >= 0.3 is 0 Å². The van der Waals surface area contributed by atoms with Crippen molar-refractivity contribution in [1.82, 2.24) is 9.80 Å². The van der Waals surface area contributed by atoms with Crippen molar-refractivity contribution in [3.63, 3.8) is 0 Å². The molecule has 1 unspecified atom stereocenters. The number of amides is 2. The Morgan fingerprint density at radius 2 is 2.15 bits per heavy atom. The first-order valence-corrected chi connectivity index (χ1v) is 7.15. The Kier molecular flexibility index (Phi) is 5.74. The summed E-state index contributed by atoms with van der Waals surface area (Å²) in [6, 6.07) is 0. The second kappa shape index (κ2) is 6.88. The molecule has 5 heteroatoms. The fourth-order valence-corrected chi connectivity index (χ4v) is 3.05. The molecule has 5 nitrogen and oxygen atoms in total. The molecule has 1 aliphatic heterocycles. The second-order valence-electron chi connectivity index (χ2n) is 6.03. The van der Waals surface area contributed by atoms with Gasteiger partial charge in [-0.3, -0.25) is 9.59 Å². The summed E-state index contributed by atoms with van der Waals surface area (Å²) in [4.78, 5) is 27.0. The van der Waals surface area contributed by atoms with Crippen molar-refractivity contribution in [2.24, 2.45) is 5.92 Å². The average molecular weight is 282 g/mol. The summed E-state index contributed by atoms with van der Waals surface area (Å²) in [5.74, 6) is 0.0361. The van der Waals surface area contributed by atoms with E-state index in [-0.39, 0.29) is 25.0 Å². The third kappa shape index (κ3) is 3.60. The maximum atomic E-state index is 12.4. The van der Waals surface area contributed by atoms with Crippen molar-refractivity contribution in [3.8, 4) is 0 Å². The van der Waals surface area contributed by atoms with E-state index in [2.05, 4.69) is 20.4 Å². The Bertz CT molecular complexity index is 381. The van der Waals surface area contributed by atoms with Crippen LogP contribution in [0.2, 0.25) is 0 Å². The number of nitrogens with zero attached hydrogens (tertiary/aromatic N) is 2. The van der Waals surface area contributed by atoms with Crippen LogP contribution in [0.5, 0.6) is 0 Å². The van der Waals surface area contributed by atoms with E-state index in [0.29, 0.717) is 12.5 Å². The molecule has 0 aromatic carbocycles. The van der Waals surface area contributed by atoms with Crippen LogP contribution in [0.4, 0.5) is 0 Å². The van der Waals surface area contributed by atoms with Gasteiger partial charge in [-0.2, -0.15) is 0 Å².